The molecule has 2 heterocycles. The van der Waals surface area contributed by atoms with Gasteiger partial charge in [-0.25, -0.2) is 4.39 Å². The minimum Gasteiger partial charge on any atom is -0.371 e. The van der Waals surface area contributed by atoms with E-state index in [4.69, 9.17) is 0 Å². The summed E-state index contributed by atoms with van der Waals surface area (Å²) in [6.07, 6.45) is 2.21. The fraction of sp³-hybridized carbons (Fsp3) is 0.500. The van der Waals surface area contributed by atoms with Crippen molar-refractivity contribution in [3.8, 4) is 0 Å². The maximum Gasteiger partial charge on any atom is 0.234 e. The van der Waals surface area contributed by atoms with Crippen molar-refractivity contribution in [2.24, 2.45) is 0 Å². The van der Waals surface area contributed by atoms with Crippen molar-refractivity contribution < 1.29 is 18.8 Å². The smallest absolute Gasteiger partial charge is 0.234 e. The Kier molecular flexibility index (Phi) is 4.64. The Balaban J connectivity index is 1.64. The summed E-state index contributed by atoms with van der Waals surface area (Å²) in [5, 5.41) is 2.37. The lowest BCUT2D eigenvalue weighted by Crippen LogP contribution is -2.42. The van der Waals surface area contributed by atoms with E-state index >= 15 is 0 Å². The molecule has 0 spiro atoms. The molecule has 24 heavy (non-hydrogen) atoms. The van der Waals surface area contributed by atoms with E-state index in [-0.39, 0.29) is 24.2 Å². The maximum atomic E-state index is 14.3. The van der Waals surface area contributed by atoms with Crippen LogP contribution in [0.3, 0.4) is 0 Å². The lowest BCUT2D eigenvalue weighted by Gasteiger charge is -2.37. The molecule has 0 radical (unpaired) electrons. The van der Waals surface area contributed by atoms with Crippen LogP contribution in [0.4, 0.5) is 10.1 Å². The van der Waals surface area contributed by atoms with Crippen LogP contribution in [0.25, 0.3) is 0 Å². The molecule has 6 heteroatoms. The first-order chi connectivity index (χ1) is 11.5. The minimum absolute atomic E-state index is 0.0325. The number of anilines is 1. The Labute approximate surface area is 140 Å². The Morgan fingerprint density at radius 3 is 2.46 bits per heavy atom. The lowest BCUT2D eigenvalue weighted by molar-refractivity contribution is -0.134. The molecule has 2 amide bonds. The number of rotatable bonds is 4. The van der Waals surface area contributed by atoms with Crippen LogP contribution in [-0.4, -0.2) is 36.9 Å². The standard InChI is InChI=1S/C18H21FN2O3/c19-18(9-12-22)7-10-21(11-8-18)14-3-1-13(2-4-14)15-5-6-16(23)20-17(15)24/h1-4,12,15H,5-11H2,(H,20,23,24)/t15-/m1/s1. The predicted octanol–water partition coefficient (Wildman–Crippen LogP) is 2.10. The third kappa shape index (κ3) is 3.47. The molecule has 2 aliphatic heterocycles. The van der Waals surface area contributed by atoms with Crippen molar-refractivity contribution >= 4 is 23.8 Å². The molecule has 0 unspecified atom stereocenters. The highest BCUT2D eigenvalue weighted by atomic mass is 19.1. The number of imide groups is 1. The molecule has 3 rings (SSSR count). The number of piperidine rings is 2. The average molecular weight is 332 g/mol. The van der Waals surface area contributed by atoms with E-state index < -0.39 is 5.67 Å². The van der Waals surface area contributed by atoms with E-state index in [2.05, 4.69) is 10.2 Å². The van der Waals surface area contributed by atoms with Gasteiger partial charge >= 0.3 is 0 Å². The normalized spacial score (nSPS) is 23.7. The first kappa shape index (κ1) is 16.6. The second kappa shape index (κ2) is 6.71. The average Bonchev–Trinajstić information content (AvgIpc) is 2.56. The fourth-order valence-corrected chi connectivity index (χ4v) is 3.45. The van der Waals surface area contributed by atoms with Crippen molar-refractivity contribution in [2.75, 3.05) is 18.0 Å². The number of amides is 2. The van der Waals surface area contributed by atoms with Crippen LogP contribution in [0.5, 0.6) is 0 Å². The molecule has 0 aliphatic carbocycles. The number of nitrogens with zero attached hydrogens (tertiary/aromatic N) is 1. The first-order valence-corrected chi connectivity index (χ1v) is 8.32. The van der Waals surface area contributed by atoms with E-state index in [1.165, 1.54) is 0 Å². The van der Waals surface area contributed by atoms with Crippen molar-refractivity contribution in [1.29, 1.82) is 0 Å². The van der Waals surface area contributed by atoms with Gasteiger partial charge < -0.3 is 9.69 Å². The van der Waals surface area contributed by atoms with Gasteiger partial charge in [0.2, 0.25) is 11.8 Å². The molecule has 0 bridgehead atoms. The lowest BCUT2D eigenvalue weighted by atomic mass is 9.89. The Bertz CT molecular complexity index is 636. The van der Waals surface area contributed by atoms with E-state index in [1.54, 1.807) is 0 Å². The quantitative estimate of drug-likeness (QED) is 0.677. The Hall–Kier alpha value is -2.24. The van der Waals surface area contributed by atoms with Gasteiger partial charge in [0.15, 0.2) is 0 Å². The molecular weight excluding hydrogens is 311 g/mol. The van der Waals surface area contributed by atoms with Crippen LogP contribution in [0.1, 0.15) is 43.6 Å². The zero-order chi connectivity index (χ0) is 17.2. The maximum absolute atomic E-state index is 14.3. The third-order valence-electron chi connectivity index (χ3n) is 5.01. The first-order valence-electron chi connectivity index (χ1n) is 8.32. The van der Waals surface area contributed by atoms with Crippen LogP contribution < -0.4 is 10.2 Å². The fourth-order valence-electron chi connectivity index (χ4n) is 3.45. The molecule has 128 valence electrons. The highest BCUT2D eigenvalue weighted by molar-refractivity contribution is 6.00. The molecular formula is C18H21FN2O3. The van der Waals surface area contributed by atoms with Crippen molar-refractivity contribution in [3.63, 3.8) is 0 Å². The Morgan fingerprint density at radius 1 is 1.21 bits per heavy atom. The summed E-state index contributed by atoms with van der Waals surface area (Å²) < 4.78 is 14.3. The highest BCUT2D eigenvalue weighted by Gasteiger charge is 2.34. The highest BCUT2D eigenvalue weighted by Crippen LogP contribution is 2.32. The van der Waals surface area contributed by atoms with Crippen LogP contribution in [-0.2, 0) is 14.4 Å². The van der Waals surface area contributed by atoms with Gasteiger partial charge in [-0.15, -0.1) is 0 Å². The minimum atomic E-state index is -1.37. The number of carbonyl (C=O) groups is 3. The van der Waals surface area contributed by atoms with Crippen molar-refractivity contribution in [2.45, 2.75) is 43.7 Å². The summed E-state index contributed by atoms with van der Waals surface area (Å²) in [6, 6.07) is 7.67. The summed E-state index contributed by atoms with van der Waals surface area (Å²) in [6.45, 7) is 1.14. The number of hydrogen-bond donors (Lipinski definition) is 1. The summed E-state index contributed by atoms with van der Waals surface area (Å²) in [5.41, 5.74) is 0.506. The largest absolute Gasteiger partial charge is 0.371 e. The van der Waals surface area contributed by atoms with Gasteiger partial charge in [0.1, 0.15) is 12.0 Å². The SMILES string of the molecule is O=CCC1(F)CCN(c2ccc([C@H]3CCC(=O)NC3=O)cc2)CC1. The van der Waals surface area contributed by atoms with E-state index in [0.717, 1.165) is 11.3 Å². The van der Waals surface area contributed by atoms with Gasteiger partial charge in [-0.2, -0.15) is 0 Å². The second-order valence-corrected chi connectivity index (χ2v) is 6.60. The van der Waals surface area contributed by atoms with Gasteiger partial charge in [-0.05, 0) is 37.0 Å². The van der Waals surface area contributed by atoms with Gasteiger partial charge in [0.05, 0.1) is 5.92 Å². The van der Waals surface area contributed by atoms with E-state index in [9.17, 15) is 18.8 Å². The summed E-state index contributed by atoms with van der Waals surface area (Å²) in [5.74, 6) is -0.747. The zero-order valence-electron chi connectivity index (χ0n) is 13.5. The molecule has 1 N–H and O–H groups in total. The zero-order valence-corrected chi connectivity index (χ0v) is 13.5. The summed E-state index contributed by atoms with van der Waals surface area (Å²) in [4.78, 5) is 35.8. The summed E-state index contributed by atoms with van der Waals surface area (Å²) >= 11 is 0. The molecule has 2 fully saturated rings. The van der Waals surface area contributed by atoms with E-state index in [0.29, 0.717) is 45.1 Å². The number of alkyl halides is 1. The molecule has 0 saturated carbocycles. The Morgan fingerprint density at radius 2 is 1.88 bits per heavy atom. The van der Waals surface area contributed by atoms with Gasteiger partial charge in [0, 0.05) is 31.6 Å². The molecule has 0 aromatic heterocycles. The van der Waals surface area contributed by atoms with Gasteiger partial charge in [-0.3, -0.25) is 14.9 Å². The van der Waals surface area contributed by atoms with Crippen LogP contribution in [0.2, 0.25) is 0 Å². The topological polar surface area (TPSA) is 66.5 Å². The number of benzene rings is 1. The van der Waals surface area contributed by atoms with Gasteiger partial charge in [-0.1, -0.05) is 12.1 Å². The van der Waals surface area contributed by atoms with Crippen molar-refractivity contribution in [3.05, 3.63) is 29.8 Å². The molecule has 2 aliphatic rings. The number of nitrogens with one attached hydrogen (secondary N) is 1. The molecule has 1 aromatic rings. The monoisotopic (exact) mass is 332 g/mol. The van der Waals surface area contributed by atoms with Crippen LogP contribution in [0, 0.1) is 0 Å². The van der Waals surface area contributed by atoms with Crippen LogP contribution in [0.15, 0.2) is 24.3 Å². The predicted molar refractivity (Wildman–Crippen MR) is 87.5 cm³/mol. The second-order valence-electron chi connectivity index (χ2n) is 6.60. The van der Waals surface area contributed by atoms with E-state index in [1.807, 2.05) is 24.3 Å². The van der Waals surface area contributed by atoms with Gasteiger partial charge in [0.25, 0.3) is 0 Å². The number of aldehydes is 1. The molecule has 1 atom stereocenters. The number of hydrogen-bond acceptors (Lipinski definition) is 4. The molecule has 5 nitrogen and oxygen atoms in total. The number of halogens is 1. The molecule has 1 aromatic carbocycles. The third-order valence-corrected chi connectivity index (χ3v) is 5.01. The summed E-state index contributed by atoms with van der Waals surface area (Å²) in [7, 11) is 0. The van der Waals surface area contributed by atoms with Crippen LogP contribution >= 0.6 is 0 Å². The molecule has 2 saturated heterocycles. The number of carbonyl (C=O) groups excluding carboxylic acids is 3. The van der Waals surface area contributed by atoms with Crippen molar-refractivity contribution in [1.82, 2.24) is 5.32 Å².